The molecule has 0 amide bonds. The normalized spacial score (nSPS) is 17.1. The summed E-state index contributed by atoms with van der Waals surface area (Å²) in [4.78, 5) is 8.87. The van der Waals surface area contributed by atoms with Crippen molar-refractivity contribution in [3.8, 4) is 0 Å². The topological polar surface area (TPSA) is 60.8 Å². The standard InChI is InChI=1S/C24H25F2N2O3P/c1-5-30-32(29,31-6-2)21-13-14-27-20-15-16(11-12-18(20)21)22-17-9-7-8-10-19(17)24(25,26)23(3,4)28-22/h7-15H,5-6H2,1-4H3. The Morgan fingerprint density at radius 3 is 2.38 bits per heavy atom. The van der Waals surface area contributed by atoms with Gasteiger partial charge in [-0.15, -0.1) is 0 Å². The zero-order chi connectivity index (χ0) is 23.1. The van der Waals surface area contributed by atoms with Crippen molar-refractivity contribution < 1.29 is 22.4 Å². The van der Waals surface area contributed by atoms with Crippen LogP contribution in [0.25, 0.3) is 10.9 Å². The Bertz CT molecular complexity index is 1250. The Morgan fingerprint density at radius 1 is 1.00 bits per heavy atom. The lowest BCUT2D eigenvalue weighted by molar-refractivity contribution is -0.0681. The van der Waals surface area contributed by atoms with Crippen LogP contribution >= 0.6 is 7.60 Å². The molecule has 4 rings (SSSR count). The van der Waals surface area contributed by atoms with Gasteiger partial charge >= 0.3 is 7.60 Å². The summed E-state index contributed by atoms with van der Waals surface area (Å²) in [6.45, 7) is 6.83. The molecule has 1 aromatic heterocycles. The molecule has 3 aromatic rings. The largest absolute Gasteiger partial charge is 0.362 e. The van der Waals surface area contributed by atoms with Gasteiger partial charge in [-0.3, -0.25) is 14.5 Å². The number of rotatable bonds is 6. The zero-order valence-electron chi connectivity index (χ0n) is 18.4. The van der Waals surface area contributed by atoms with Crippen molar-refractivity contribution in [2.45, 2.75) is 39.2 Å². The average Bonchev–Trinajstić information content (AvgIpc) is 2.76. The fourth-order valence-corrected chi connectivity index (χ4v) is 5.72. The summed E-state index contributed by atoms with van der Waals surface area (Å²) in [5, 5.41) is 1.05. The molecule has 0 unspecified atom stereocenters. The van der Waals surface area contributed by atoms with Crippen LogP contribution in [-0.2, 0) is 19.5 Å². The van der Waals surface area contributed by atoms with Crippen LogP contribution in [0.3, 0.4) is 0 Å². The molecular formula is C24H25F2N2O3P. The summed E-state index contributed by atoms with van der Waals surface area (Å²) in [6, 6.07) is 13.4. The number of halogens is 2. The van der Waals surface area contributed by atoms with Gasteiger partial charge in [0.05, 0.1) is 29.7 Å². The Kier molecular flexibility index (Phi) is 5.78. The van der Waals surface area contributed by atoms with Gasteiger partial charge in [-0.05, 0) is 39.8 Å². The summed E-state index contributed by atoms with van der Waals surface area (Å²) >= 11 is 0. The quantitative estimate of drug-likeness (QED) is 0.435. The van der Waals surface area contributed by atoms with Gasteiger partial charge in [0, 0.05) is 28.3 Å². The van der Waals surface area contributed by atoms with Crippen LogP contribution in [0.5, 0.6) is 0 Å². The molecule has 0 saturated heterocycles. The van der Waals surface area contributed by atoms with Crippen LogP contribution in [-0.4, -0.2) is 29.4 Å². The number of hydrogen-bond donors (Lipinski definition) is 0. The van der Waals surface area contributed by atoms with Crippen LogP contribution in [0.1, 0.15) is 44.4 Å². The van der Waals surface area contributed by atoms with E-state index in [4.69, 9.17) is 9.05 Å². The Labute approximate surface area is 186 Å². The third-order valence-corrected chi connectivity index (χ3v) is 7.74. The molecule has 0 radical (unpaired) electrons. The molecule has 5 nitrogen and oxygen atoms in total. The van der Waals surface area contributed by atoms with Crippen molar-refractivity contribution in [3.63, 3.8) is 0 Å². The molecule has 0 aliphatic carbocycles. The lowest BCUT2D eigenvalue weighted by Crippen LogP contribution is -2.44. The minimum absolute atomic E-state index is 0.0472. The van der Waals surface area contributed by atoms with E-state index in [1.54, 1.807) is 62.5 Å². The number of aliphatic imine (C=N–C) groups is 1. The molecule has 168 valence electrons. The van der Waals surface area contributed by atoms with Gasteiger partial charge in [0.1, 0.15) is 5.54 Å². The van der Waals surface area contributed by atoms with Gasteiger partial charge in [-0.2, -0.15) is 8.78 Å². The highest BCUT2D eigenvalue weighted by molar-refractivity contribution is 7.62. The highest BCUT2D eigenvalue weighted by Gasteiger charge is 2.52. The highest BCUT2D eigenvalue weighted by Crippen LogP contribution is 2.49. The van der Waals surface area contributed by atoms with Crippen LogP contribution in [0.15, 0.2) is 59.7 Å². The summed E-state index contributed by atoms with van der Waals surface area (Å²) in [5.74, 6) is -3.10. The Hall–Kier alpha value is -2.47. The molecule has 0 bridgehead atoms. The number of benzene rings is 2. The second-order valence-electron chi connectivity index (χ2n) is 8.03. The smallest absolute Gasteiger partial charge is 0.305 e. The van der Waals surface area contributed by atoms with Crippen molar-refractivity contribution in [2.75, 3.05) is 13.2 Å². The van der Waals surface area contributed by atoms with Crippen molar-refractivity contribution >= 4 is 29.5 Å². The molecule has 32 heavy (non-hydrogen) atoms. The molecule has 2 heterocycles. The predicted molar refractivity (Wildman–Crippen MR) is 122 cm³/mol. The summed E-state index contributed by atoms with van der Waals surface area (Å²) in [6.07, 6.45) is 1.54. The molecular weight excluding hydrogens is 433 g/mol. The van der Waals surface area contributed by atoms with Gasteiger partial charge in [-0.25, -0.2) is 0 Å². The molecule has 0 fully saturated rings. The van der Waals surface area contributed by atoms with E-state index in [1.165, 1.54) is 19.9 Å². The summed E-state index contributed by atoms with van der Waals surface area (Å²) in [5.41, 5.74) is 0.412. The first-order chi connectivity index (χ1) is 15.1. The van der Waals surface area contributed by atoms with Gasteiger partial charge in [0.15, 0.2) is 0 Å². The van der Waals surface area contributed by atoms with E-state index in [-0.39, 0.29) is 18.8 Å². The number of hydrogen-bond acceptors (Lipinski definition) is 5. The second-order valence-corrected chi connectivity index (χ2v) is 10.0. The molecule has 0 atom stereocenters. The van der Waals surface area contributed by atoms with Crippen LogP contribution in [0.4, 0.5) is 8.78 Å². The number of nitrogens with zero attached hydrogens (tertiary/aromatic N) is 2. The fraction of sp³-hybridized carbons (Fsp3) is 0.333. The first kappa shape index (κ1) is 22.7. The first-order valence-electron chi connectivity index (χ1n) is 10.5. The summed E-state index contributed by atoms with van der Waals surface area (Å²) < 4.78 is 54.5. The molecule has 8 heteroatoms. The molecule has 0 spiro atoms. The number of fused-ring (bicyclic) bond motifs is 2. The third kappa shape index (κ3) is 3.58. The van der Waals surface area contributed by atoms with Gasteiger partial charge < -0.3 is 9.05 Å². The third-order valence-electron chi connectivity index (χ3n) is 5.57. The van der Waals surface area contributed by atoms with Crippen LogP contribution in [0, 0.1) is 0 Å². The van der Waals surface area contributed by atoms with Crippen molar-refractivity contribution in [2.24, 2.45) is 4.99 Å². The molecule has 0 N–H and O–H groups in total. The number of alkyl halides is 2. The highest BCUT2D eigenvalue weighted by atomic mass is 31.2. The van der Waals surface area contributed by atoms with Crippen molar-refractivity contribution in [3.05, 3.63) is 71.4 Å². The monoisotopic (exact) mass is 458 g/mol. The SMILES string of the molecule is CCOP(=O)(OCC)c1ccnc2cc(C3=NC(C)(C)C(F)(F)c4ccccc43)ccc12. The van der Waals surface area contributed by atoms with Crippen LogP contribution in [0.2, 0.25) is 0 Å². The van der Waals surface area contributed by atoms with E-state index in [9.17, 15) is 4.57 Å². The molecule has 0 saturated carbocycles. The van der Waals surface area contributed by atoms with Crippen molar-refractivity contribution in [1.29, 1.82) is 0 Å². The Balaban J connectivity index is 1.89. The predicted octanol–water partition coefficient (Wildman–Crippen LogP) is 5.85. The minimum Gasteiger partial charge on any atom is -0.305 e. The van der Waals surface area contributed by atoms with E-state index in [0.717, 1.165) is 0 Å². The second kappa shape index (κ2) is 8.14. The van der Waals surface area contributed by atoms with E-state index in [2.05, 4.69) is 9.98 Å². The number of aromatic nitrogens is 1. The molecule has 1 aliphatic heterocycles. The lowest BCUT2D eigenvalue weighted by atomic mass is 9.81. The van der Waals surface area contributed by atoms with Crippen LogP contribution < -0.4 is 5.30 Å². The maximum Gasteiger partial charge on any atom is 0.362 e. The fourth-order valence-electron chi connectivity index (χ4n) is 3.96. The van der Waals surface area contributed by atoms with Gasteiger partial charge in [-0.1, -0.05) is 36.4 Å². The lowest BCUT2D eigenvalue weighted by Gasteiger charge is -2.37. The molecule has 1 aliphatic rings. The van der Waals surface area contributed by atoms with E-state index >= 15 is 8.78 Å². The van der Waals surface area contributed by atoms with Crippen molar-refractivity contribution in [1.82, 2.24) is 4.98 Å². The molecule has 2 aromatic carbocycles. The first-order valence-corrected chi connectivity index (χ1v) is 12.0. The maximum absolute atomic E-state index is 15.1. The number of pyridine rings is 1. The Morgan fingerprint density at radius 2 is 1.69 bits per heavy atom. The van der Waals surface area contributed by atoms with E-state index in [0.29, 0.717) is 33.0 Å². The van der Waals surface area contributed by atoms with E-state index < -0.39 is 19.1 Å². The van der Waals surface area contributed by atoms with Gasteiger partial charge in [0.2, 0.25) is 0 Å². The van der Waals surface area contributed by atoms with E-state index in [1.807, 2.05) is 0 Å². The zero-order valence-corrected chi connectivity index (χ0v) is 19.3. The summed E-state index contributed by atoms with van der Waals surface area (Å²) in [7, 11) is -3.53. The maximum atomic E-state index is 15.1. The van der Waals surface area contributed by atoms with Gasteiger partial charge in [0.25, 0.3) is 5.92 Å². The minimum atomic E-state index is -3.53. The average molecular weight is 458 g/mol.